The SMILES string of the molecule is CCOC(=O)CN1CC(C(=O)N(c2cccc(F)c2)C(C(=O)NC2CC(F)(F)C2)c2ccccc2Cl)NC1=O. The first-order valence-corrected chi connectivity index (χ1v) is 12.6. The number of carbonyl (C=O) groups excluding carboxylic acids is 4. The minimum absolute atomic E-state index is 0.0305. The molecule has 0 aromatic heterocycles. The number of esters is 1. The molecule has 1 aliphatic carbocycles. The molecule has 0 radical (unpaired) electrons. The molecule has 2 aromatic rings. The molecule has 9 nitrogen and oxygen atoms in total. The second-order valence-corrected chi connectivity index (χ2v) is 9.68. The molecule has 4 amide bonds. The van der Waals surface area contributed by atoms with E-state index >= 15 is 0 Å². The maximum atomic E-state index is 14.3. The summed E-state index contributed by atoms with van der Waals surface area (Å²) in [4.78, 5) is 54.1. The number of nitrogens with zero attached hydrogens (tertiary/aromatic N) is 2. The Balaban J connectivity index is 1.71. The topological polar surface area (TPSA) is 108 Å². The smallest absolute Gasteiger partial charge is 0.325 e. The molecule has 2 atom stereocenters. The van der Waals surface area contributed by atoms with Crippen molar-refractivity contribution in [3.8, 4) is 0 Å². The largest absolute Gasteiger partial charge is 0.465 e. The van der Waals surface area contributed by atoms with Gasteiger partial charge in [0.2, 0.25) is 5.91 Å². The third kappa shape index (κ3) is 6.44. The molecule has 1 aliphatic heterocycles. The van der Waals surface area contributed by atoms with Crippen LogP contribution in [0.1, 0.15) is 31.4 Å². The van der Waals surface area contributed by atoms with Crippen molar-refractivity contribution in [3.63, 3.8) is 0 Å². The van der Waals surface area contributed by atoms with Crippen molar-refractivity contribution in [2.75, 3.05) is 24.6 Å². The summed E-state index contributed by atoms with van der Waals surface area (Å²) in [5, 5.41) is 5.12. The summed E-state index contributed by atoms with van der Waals surface area (Å²) >= 11 is 6.41. The lowest BCUT2D eigenvalue weighted by Crippen LogP contribution is -2.56. The van der Waals surface area contributed by atoms with Crippen molar-refractivity contribution in [3.05, 3.63) is 64.9 Å². The zero-order valence-electron chi connectivity index (χ0n) is 20.8. The van der Waals surface area contributed by atoms with Crippen LogP contribution in [0.4, 0.5) is 23.7 Å². The van der Waals surface area contributed by atoms with Crippen LogP contribution in [0.2, 0.25) is 5.02 Å². The van der Waals surface area contributed by atoms with Gasteiger partial charge in [-0.25, -0.2) is 18.0 Å². The van der Waals surface area contributed by atoms with Gasteiger partial charge in [0.05, 0.1) is 13.2 Å². The number of nitrogens with one attached hydrogen (secondary N) is 2. The molecule has 1 saturated heterocycles. The Morgan fingerprint density at radius 3 is 2.56 bits per heavy atom. The molecule has 2 unspecified atom stereocenters. The quantitative estimate of drug-likeness (QED) is 0.452. The second-order valence-electron chi connectivity index (χ2n) is 9.27. The second kappa shape index (κ2) is 11.5. The predicted molar refractivity (Wildman–Crippen MR) is 135 cm³/mol. The van der Waals surface area contributed by atoms with E-state index in [2.05, 4.69) is 10.6 Å². The number of anilines is 1. The van der Waals surface area contributed by atoms with E-state index in [0.717, 1.165) is 21.9 Å². The van der Waals surface area contributed by atoms with Gasteiger partial charge in [0.15, 0.2) is 0 Å². The number of amides is 4. The van der Waals surface area contributed by atoms with E-state index in [1.54, 1.807) is 19.1 Å². The van der Waals surface area contributed by atoms with Crippen LogP contribution in [0.5, 0.6) is 0 Å². The number of alkyl halides is 2. The monoisotopic (exact) mass is 566 g/mol. The Hall–Kier alpha value is -3.80. The molecule has 1 saturated carbocycles. The first-order chi connectivity index (χ1) is 18.5. The third-order valence-corrected chi connectivity index (χ3v) is 6.72. The van der Waals surface area contributed by atoms with Gasteiger partial charge in [-0.1, -0.05) is 35.9 Å². The number of urea groups is 1. The fourth-order valence-electron chi connectivity index (χ4n) is 4.56. The number of halogens is 4. The van der Waals surface area contributed by atoms with Crippen LogP contribution in [-0.2, 0) is 19.1 Å². The molecular formula is C26H26ClF3N4O5. The maximum Gasteiger partial charge on any atom is 0.325 e. The average molecular weight is 567 g/mol. The normalized spacial score (nSPS) is 19.1. The van der Waals surface area contributed by atoms with Crippen LogP contribution in [0.15, 0.2) is 48.5 Å². The van der Waals surface area contributed by atoms with E-state index in [1.807, 2.05) is 0 Å². The Bertz CT molecular complexity index is 1270. The van der Waals surface area contributed by atoms with Gasteiger partial charge in [-0.2, -0.15) is 0 Å². The van der Waals surface area contributed by atoms with Gasteiger partial charge in [0.1, 0.15) is 24.4 Å². The van der Waals surface area contributed by atoms with Crippen molar-refractivity contribution < 1.29 is 37.1 Å². The van der Waals surface area contributed by atoms with Crippen molar-refractivity contribution in [1.82, 2.24) is 15.5 Å². The van der Waals surface area contributed by atoms with Crippen molar-refractivity contribution >= 4 is 41.1 Å². The Morgan fingerprint density at radius 1 is 1.21 bits per heavy atom. The zero-order chi connectivity index (χ0) is 28.3. The summed E-state index contributed by atoms with van der Waals surface area (Å²) in [6.07, 6.45) is -1.13. The van der Waals surface area contributed by atoms with Crippen LogP contribution in [0.3, 0.4) is 0 Å². The van der Waals surface area contributed by atoms with Crippen LogP contribution < -0.4 is 15.5 Å². The van der Waals surface area contributed by atoms with E-state index in [4.69, 9.17) is 16.3 Å². The van der Waals surface area contributed by atoms with Crippen LogP contribution in [0.25, 0.3) is 0 Å². The van der Waals surface area contributed by atoms with Gasteiger partial charge in [0, 0.05) is 35.2 Å². The number of hydrogen-bond donors (Lipinski definition) is 2. The lowest BCUT2D eigenvalue weighted by atomic mass is 9.87. The van der Waals surface area contributed by atoms with Gasteiger partial charge >= 0.3 is 12.0 Å². The molecule has 39 heavy (non-hydrogen) atoms. The molecule has 4 rings (SSSR count). The first-order valence-electron chi connectivity index (χ1n) is 12.2. The zero-order valence-corrected chi connectivity index (χ0v) is 21.6. The van der Waals surface area contributed by atoms with E-state index in [-0.39, 0.29) is 29.4 Å². The molecule has 0 bridgehead atoms. The fourth-order valence-corrected chi connectivity index (χ4v) is 4.80. The third-order valence-electron chi connectivity index (χ3n) is 6.38. The molecule has 2 aromatic carbocycles. The molecule has 1 heterocycles. The van der Waals surface area contributed by atoms with Crippen molar-refractivity contribution in [1.29, 1.82) is 0 Å². The standard InChI is InChI=1S/C26H26ClF3N4O5/c1-2-39-21(35)14-33-13-20(32-25(33)38)24(37)34(17-7-5-6-15(28)10-17)22(18-8-3-4-9-19(18)27)23(36)31-16-11-26(29,30)12-16/h3-10,16,20,22H,2,11-14H2,1H3,(H,31,36)(H,32,38). The highest BCUT2D eigenvalue weighted by atomic mass is 35.5. The van der Waals surface area contributed by atoms with E-state index in [9.17, 15) is 32.3 Å². The van der Waals surface area contributed by atoms with Crippen molar-refractivity contribution in [2.45, 2.75) is 43.8 Å². The fraction of sp³-hybridized carbons (Fsp3) is 0.385. The molecule has 2 aliphatic rings. The highest BCUT2D eigenvalue weighted by molar-refractivity contribution is 6.31. The minimum Gasteiger partial charge on any atom is -0.465 e. The Kier molecular flexibility index (Phi) is 8.34. The highest BCUT2D eigenvalue weighted by Gasteiger charge is 2.48. The van der Waals surface area contributed by atoms with Crippen LogP contribution in [-0.4, -0.2) is 66.4 Å². The van der Waals surface area contributed by atoms with Crippen LogP contribution >= 0.6 is 11.6 Å². The minimum atomic E-state index is -2.91. The molecule has 2 N–H and O–H groups in total. The van der Waals surface area contributed by atoms with E-state index < -0.39 is 73.1 Å². The number of carbonyl (C=O) groups is 4. The van der Waals surface area contributed by atoms with Gasteiger partial charge in [-0.3, -0.25) is 19.3 Å². The molecule has 2 fully saturated rings. The van der Waals surface area contributed by atoms with Gasteiger partial charge in [-0.15, -0.1) is 0 Å². The summed E-state index contributed by atoms with van der Waals surface area (Å²) in [5.74, 6) is -5.91. The lowest BCUT2D eigenvalue weighted by molar-refractivity contribution is -0.143. The van der Waals surface area contributed by atoms with Gasteiger partial charge < -0.3 is 20.3 Å². The maximum absolute atomic E-state index is 14.3. The number of benzene rings is 2. The molecule has 208 valence electrons. The summed E-state index contributed by atoms with van der Waals surface area (Å²) in [6, 6.07) is 6.76. The Labute approximate surface area is 227 Å². The molecule has 0 spiro atoms. The predicted octanol–water partition coefficient (Wildman–Crippen LogP) is 3.42. The molecular weight excluding hydrogens is 541 g/mol. The van der Waals surface area contributed by atoms with Gasteiger partial charge in [-0.05, 0) is 31.2 Å². The molecule has 13 heteroatoms. The number of rotatable bonds is 9. The Morgan fingerprint density at radius 2 is 1.92 bits per heavy atom. The lowest BCUT2D eigenvalue weighted by Gasteiger charge is -2.38. The number of hydrogen-bond acceptors (Lipinski definition) is 5. The van der Waals surface area contributed by atoms with E-state index in [0.29, 0.717) is 0 Å². The summed E-state index contributed by atoms with van der Waals surface area (Å²) in [6.45, 7) is 1.06. The summed E-state index contributed by atoms with van der Waals surface area (Å²) in [7, 11) is 0. The van der Waals surface area contributed by atoms with E-state index in [1.165, 1.54) is 24.3 Å². The summed E-state index contributed by atoms with van der Waals surface area (Å²) < 4.78 is 46.2. The summed E-state index contributed by atoms with van der Waals surface area (Å²) in [5.41, 5.74) is 0.130. The first kappa shape index (κ1) is 28.2. The number of ether oxygens (including phenoxy) is 1. The van der Waals surface area contributed by atoms with Gasteiger partial charge in [0.25, 0.3) is 11.8 Å². The average Bonchev–Trinajstić information content (AvgIpc) is 3.21. The van der Waals surface area contributed by atoms with Crippen molar-refractivity contribution in [2.24, 2.45) is 0 Å². The highest BCUT2D eigenvalue weighted by Crippen LogP contribution is 2.39. The van der Waals surface area contributed by atoms with Crippen LogP contribution in [0, 0.1) is 5.82 Å².